The highest BCUT2D eigenvalue weighted by Gasteiger charge is 2.09. The molecule has 0 aliphatic carbocycles. The van der Waals surface area contributed by atoms with Gasteiger partial charge in [-0.3, -0.25) is 4.79 Å². The molecule has 3 rings (SSSR count). The van der Waals surface area contributed by atoms with Gasteiger partial charge in [-0.2, -0.15) is 0 Å². The van der Waals surface area contributed by atoms with Crippen LogP contribution in [-0.4, -0.2) is 10.9 Å². The van der Waals surface area contributed by atoms with Gasteiger partial charge in [0.05, 0.1) is 12.1 Å². The summed E-state index contributed by atoms with van der Waals surface area (Å²) in [5, 5.41) is 5.77. The van der Waals surface area contributed by atoms with Crippen molar-refractivity contribution in [2.75, 3.05) is 5.32 Å². The van der Waals surface area contributed by atoms with E-state index in [1.807, 2.05) is 60.0 Å². The zero-order valence-electron chi connectivity index (χ0n) is 11.6. The number of benzene rings is 2. The van der Waals surface area contributed by atoms with Crippen LogP contribution >= 0.6 is 33.9 Å². The van der Waals surface area contributed by atoms with Gasteiger partial charge in [-0.15, -0.1) is 11.3 Å². The summed E-state index contributed by atoms with van der Waals surface area (Å²) >= 11 is 3.80. The molecule has 0 spiro atoms. The second-order valence-corrected chi connectivity index (χ2v) is 6.85. The number of hydrogen-bond acceptors (Lipinski definition) is 3. The van der Waals surface area contributed by atoms with E-state index in [-0.39, 0.29) is 12.3 Å². The molecule has 1 aromatic heterocycles. The summed E-state index contributed by atoms with van der Waals surface area (Å²) in [4.78, 5) is 16.6. The van der Waals surface area contributed by atoms with Crippen molar-refractivity contribution in [2.45, 2.75) is 6.42 Å². The zero-order valence-corrected chi connectivity index (χ0v) is 14.6. The molecule has 0 saturated carbocycles. The number of hydrogen-bond donors (Lipinski definition) is 1. The van der Waals surface area contributed by atoms with Gasteiger partial charge in [0.15, 0.2) is 0 Å². The maximum atomic E-state index is 12.1. The van der Waals surface area contributed by atoms with Gasteiger partial charge in [0.2, 0.25) is 5.91 Å². The maximum absolute atomic E-state index is 12.1. The fraction of sp³-hybridized carbons (Fsp3) is 0.0588. The first-order chi connectivity index (χ1) is 10.7. The van der Waals surface area contributed by atoms with E-state index in [9.17, 15) is 4.79 Å². The fourth-order valence-corrected chi connectivity index (χ4v) is 3.19. The predicted molar refractivity (Wildman–Crippen MR) is 99.0 cm³/mol. The van der Waals surface area contributed by atoms with Crippen LogP contribution in [0.2, 0.25) is 0 Å². The largest absolute Gasteiger partial charge is 0.326 e. The zero-order chi connectivity index (χ0) is 15.4. The highest BCUT2D eigenvalue weighted by Crippen LogP contribution is 2.23. The molecule has 3 nitrogen and oxygen atoms in total. The average molecular weight is 420 g/mol. The lowest BCUT2D eigenvalue weighted by Crippen LogP contribution is -2.14. The number of thiazole rings is 1. The van der Waals surface area contributed by atoms with E-state index < -0.39 is 0 Å². The Hall–Kier alpha value is -1.73. The number of rotatable bonds is 4. The van der Waals surface area contributed by atoms with Crippen molar-refractivity contribution in [3.63, 3.8) is 0 Å². The minimum Gasteiger partial charge on any atom is -0.326 e. The molecular weight excluding hydrogens is 407 g/mol. The van der Waals surface area contributed by atoms with Crippen LogP contribution in [0.15, 0.2) is 60.0 Å². The van der Waals surface area contributed by atoms with Crippen LogP contribution in [-0.2, 0) is 11.2 Å². The molecule has 0 aliphatic rings. The van der Waals surface area contributed by atoms with Gasteiger partial charge < -0.3 is 5.32 Å². The van der Waals surface area contributed by atoms with Crippen LogP contribution < -0.4 is 5.32 Å². The van der Waals surface area contributed by atoms with Gasteiger partial charge in [-0.05, 0) is 46.9 Å². The SMILES string of the molecule is O=C(Cc1csc(-c2ccccc2)n1)Nc1ccc(I)cc1. The first-order valence-corrected chi connectivity index (χ1v) is 8.72. The minimum absolute atomic E-state index is 0.0499. The van der Waals surface area contributed by atoms with E-state index >= 15 is 0 Å². The summed E-state index contributed by atoms with van der Waals surface area (Å²) in [5.41, 5.74) is 2.69. The Bertz CT molecular complexity index is 769. The lowest BCUT2D eigenvalue weighted by Gasteiger charge is -2.03. The molecule has 0 fully saturated rings. The molecule has 0 saturated heterocycles. The van der Waals surface area contributed by atoms with Gasteiger partial charge in [-0.1, -0.05) is 30.3 Å². The first-order valence-electron chi connectivity index (χ1n) is 6.76. The smallest absolute Gasteiger partial charge is 0.230 e. The van der Waals surface area contributed by atoms with Crippen molar-refractivity contribution < 1.29 is 4.79 Å². The van der Waals surface area contributed by atoms with Crippen molar-refractivity contribution in [1.29, 1.82) is 0 Å². The third-order valence-electron chi connectivity index (χ3n) is 3.04. The quantitative estimate of drug-likeness (QED) is 0.628. The minimum atomic E-state index is -0.0499. The topological polar surface area (TPSA) is 42.0 Å². The first kappa shape index (κ1) is 15.2. The number of amides is 1. The summed E-state index contributed by atoms with van der Waals surface area (Å²) in [6.45, 7) is 0. The molecule has 1 amide bonds. The van der Waals surface area contributed by atoms with Crippen LogP contribution in [0, 0.1) is 3.57 Å². The molecule has 3 aromatic rings. The number of nitrogens with zero attached hydrogens (tertiary/aromatic N) is 1. The molecule has 2 aromatic carbocycles. The predicted octanol–water partition coefficient (Wildman–Crippen LogP) is 4.60. The summed E-state index contributed by atoms with van der Waals surface area (Å²) in [6, 6.07) is 17.7. The molecule has 0 aliphatic heterocycles. The fourth-order valence-electron chi connectivity index (χ4n) is 2.00. The Morgan fingerprint density at radius 1 is 1.09 bits per heavy atom. The van der Waals surface area contributed by atoms with E-state index in [1.54, 1.807) is 11.3 Å². The summed E-state index contributed by atoms with van der Waals surface area (Å²) in [6.07, 6.45) is 0.287. The van der Waals surface area contributed by atoms with Crippen molar-refractivity contribution >= 4 is 45.5 Å². The van der Waals surface area contributed by atoms with Gasteiger partial charge in [0.25, 0.3) is 0 Å². The van der Waals surface area contributed by atoms with Gasteiger partial charge in [0.1, 0.15) is 5.01 Å². The van der Waals surface area contributed by atoms with Crippen molar-refractivity contribution in [3.05, 3.63) is 69.2 Å². The molecule has 0 radical (unpaired) electrons. The second-order valence-electron chi connectivity index (χ2n) is 4.74. The molecule has 0 unspecified atom stereocenters. The van der Waals surface area contributed by atoms with Crippen LogP contribution in [0.4, 0.5) is 5.69 Å². The van der Waals surface area contributed by atoms with Crippen LogP contribution in [0.25, 0.3) is 10.6 Å². The number of nitrogens with one attached hydrogen (secondary N) is 1. The van der Waals surface area contributed by atoms with Crippen molar-refractivity contribution in [3.8, 4) is 10.6 Å². The third-order valence-corrected chi connectivity index (χ3v) is 4.70. The van der Waals surface area contributed by atoms with Gasteiger partial charge >= 0.3 is 0 Å². The monoisotopic (exact) mass is 420 g/mol. The number of halogens is 1. The average Bonchev–Trinajstić information content (AvgIpc) is 2.99. The van der Waals surface area contributed by atoms with Gasteiger partial charge in [-0.25, -0.2) is 4.98 Å². The number of carbonyl (C=O) groups is 1. The Morgan fingerprint density at radius 2 is 1.82 bits per heavy atom. The van der Waals surface area contributed by atoms with Crippen LogP contribution in [0.3, 0.4) is 0 Å². The molecule has 5 heteroatoms. The molecule has 0 bridgehead atoms. The highest BCUT2D eigenvalue weighted by molar-refractivity contribution is 14.1. The van der Waals surface area contributed by atoms with Crippen molar-refractivity contribution in [2.24, 2.45) is 0 Å². The standard InChI is InChI=1S/C17H13IN2OS/c18-13-6-8-14(9-7-13)19-16(21)10-15-11-22-17(20-15)12-4-2-1-3-5-12/h1-9,11H,10H2,(H,19,21). The molecule has 1 heterocycles. The number of aromatic nitrogens is 1. The van der Waals surface area contributed by atoms with Crippen LogP contribution in [0.1, 0.15) is 5.69 Å². The Labute approximate surface area is 146 Å². The number of carbonyl (C=O) groups excluding carboxylic acids is 1. The van der Waals surface area contributed by atoms with E-state index in [4.69, 9.17) is 0 Å². The molecule has 22 heavy (non-hydrogen) atoms. The molecular formula is C17H13IN2OS. The van der Waals surface area contributed by atoms with E-state index in [1.165, 1.54) is 0 Å². The summed E-state index contributed by atoms with van der Waals surface area (Å²) in [7, 11) is 0. The van der Waals surface area contributed by atoms with E-state index in [2.05, 4.69) is 32.9 Å². The highest BCUT2D eigenvalue weighted by atomic mass is 127. The Balaban J connectivity index is 1.65. The normalized spacial score (nSPS) is 10.4. The van der Waals surface area contributed by atoms with Gasteiger partial charge in [0, 0.05) is 20.2 Å². The number of anilines is 1. The van der Waals surface area contributed by atoms with E-state index in [0.29, 0.717) is 0 Å². The Kier molecular flexibility index (Phi) is 4.84. The van der Waals surface area contributed by atoms with Crippen LogP contribution in [0.5, 0.6) is 0 Å². The van der Waals surface area contributed by atoms with Crippen molar-refractivity contribution in [1.82, 2.24) is 4.98 Å². The third kappa shape index (κ3) is 3.92. The second kappa shape index (κ2) is 7.02. The molecule has 1 N–H and O–H groups in total. The van der Waals surface area contributed by atoms with E-state index in [0.717, 1.165) is 25.5 Å². The lowest BCUT2D eigenvalue weighted by molar-refractivity contribution is -0.115. The summed E-state index contributed by atoms with van der Waals surface area (Å²) < 4.78 is 1.14. The lowest BCUT2D eigenvalue weighted by atomic mass is 10.2. The summed E-state index contributed by atoms with van der Waals surface area (Å²) in [5.74, 6) is -0.0499. The maximum Gasteiger partial charge on any atom is 0.230 e. The Morgan fingerprint density at radius 3 is 2.55 bits per heavy atom. The molecule has 0 atom stereocenters. The molecule has 110 valence electrons.